The molecule has 0 aliphatic heterocycles. The number of aromatic nitrogens is 2. The third-order valence-electron chi connectivity index (χ3n) is 2.46. The van der Waals surface area contributed by atoms with Crippen molar-refractivity contribution in [1.29, 1.82) is 0 Å². The zero-order valence-electron chi connectivity index (χ0n) is 11.9. The second-order valence-corrected chi connectivity index (χ2v) is 4.34. The predicted octanol–water partition coefficient (Wildman–Crippen LogP) is 3.32. The van der Waals surface area contributed by atoms with Gasteiger partial charge in [0.2, 0.25) is 0 Å². The Morgan fingerprint density at radius 1 is 1.24 bits per heavy atom. The van der Waals surface area contributed by atoms with E-state index in [1.807, 2.05) is 0 Å². The summed E-state index contributed by atoms with van der Waals surface area (Å²) in [5, 5.41) is 14.1. The number of rotatable bonds is 4. The molecule has 0 fully saturated rings. The molecule has 1 N–H and O–H groups in total. The highest BCUT2D eigenvalue weighted by Crippen LogP contribution is 2.26. The van der Waals surface area contributed by atoms with Crippen molar-refractivity contribution >= 4 is 17.5 Å². The van der Waals surface area contributed by atoms with Crippen molar-refractivity contribution in [2.75, 3.05) is 13.1 Å². The van der Waals surface area contributed by atoms with Gasteiger partial charge in [0.05, 0.1) is 5.02 Å². The van der Waals surface area contributed by atoms with Crippen LogP contribution >= 0.6 is 11.6 Å². The molecule has 7 heteroatoms. The van der Waals surface area contributed by atoms with Crippen LogP contribution in [0.4, 0.5) is 5.95 Å². The summed E-state index contributed by atoms with van der Waals surface area (Å²) in [7, 11) is 0. The molecule has 112 valence electrons. The third-order valence-corrected chi connectivity index (χ3v) is 2.79. The van der Waals surface area contributed by atoms with Crippen LogP contribution in [0.15, 0.2) is 36.5 Å². The quantitative estimate of drug-likeness (QED) is 0.692. The number of benzene rings is 1. The molecule has 1 aromatic carbocycles. The average Bonchev–Trinajstić information content (AvgIpc) is 2.49. The molecule has 0 radical (unpaired) electrons. The van der Waals surface area contributed by atoms with Gasteiger partial charge in [-0.1, -0.05) is 47.5 Å². The van der Waals surface area contributed by atoms with E-state index in [1.165, 1.54) is 6.20 Å². The zero-order chi connectivity index (χ0) is 15.7. The van der Waals surface area contributed by atoms with Gasteiger partial charge in [0.15, 0.2) is 5.69 Å². The summed E-state index contributed by atoms with van der Waals surface area (Å²) in [4.78, 5) is 17.2. The van der Waals surface area contributed by atoms with Crippen LogP contribution in [0.25, 0.3) is 11.3 Å². The monoisotopic (exact) mass is 308 g/mol. The number of nitrogens with one attached hydrogen (secondary N) is 1. The lowest BCUT2D eigenvalue weighted by molar-refractivity contribution is -0.394. The van der Waals surface area contributed by atoms with Crippen molar-refractivity contribution in [3.8, 4) is 11.3 Å². The van der Waals surface area contributed by atoms with Gasteiger partial charge in [0.25, 0.3) is 0 Å². The number of hydrogen-bond acceptors (Lipinski definition) is 5. The first-order valence-corrected chi connectivity index (χ1v) is 6.91. The predicted molar refractivity (Wildman–Crippen MR) is 83.4 cm³/mol. The maximum absolute atomic E-state index is 10.5. The van der Waals surface area contributed by atoms with Crippen LogP contribution in [0.5, 0.6) is 0 Å². The Hall–Kier alpha value is -2.05. The minimum Gasteiger partial charge on any atom is -0.390 e. The normalized spacial score (nSPS) is 9.67. The summed E-state index contributed by atoms with van der Waals surface area (Å²) in [6, 6.07) is 8.59. The van der Waals surface area contributed by atoms with Crippen molar-refractivity contribution in [3.05, 3.63) is 51.7 Å². The maximum atomic E-state index is 10.5. The van der Waals surface area contributed by atoms with E-state index < -0.39 is 10.9 Å². The zero-order valence-corrected chi connectivity index (χ0v) is 12.7. The van der Waals surface area contributed by atoms with Crippen molar-refractivity contribution in [2.45, 2.75) is 13.8 Å². The highest BCUT2D eigenvalue weighted by molar-refractivity contribution is 6.33. The lowest BCUT2D eigenvalue weighted by Gasteiger charge is -1.99. The molecule has 1 heterocycles. The van der Waals surface area contributed by atoms with Gasteiger partial charge in [-0.2, -0.15) is 0 Å². The Morgan fingerprint density at radius 3 is 2.43 bits per heavy atom. The summed E-state index contributed by atoms with van der Waals surface area (Å²) in [5.41, 5.74) is 1.09. The fraction of sp³-hybridized carbons (Fsp3) is 0.286. The summed E-state index contributed by atoms with van der Waals surface area (Å²) < 4.78 is 0. The van der Waals surface area contributed by atoms with Gasteiger partial charge >= 0.3 is 5.95 Å². The summed E-state index contributed by atoms with van der Waals surface area (Å²) in [5.74, 6) is -0.433. The van der Waals surface area contributed by atoms with Crippen LogP contribution in [-0.4, -0.2) is 28.0 Å². The fourth-order valence-electron chi connectivity index (χ4n) is 1.51. The molecular formula is C14H17ClN4O2. The van der Waals surface area contributed by atoms with Crippen LogP contribution in [0, 0.1) is 10.1 Å². The molecule has 6 nitrogen and oxygen atoms in total. The van der Waals surface area contributed by atoms with Crippen molar-refractivity contribution < 1.29 is 4.92 Å². The van der Waals surface area contributed by atoms with Crippen molar-refractivity contribution in [1.82, 2.24) is 15.3 Å². The Balaban J connectivity index is 0.000000383. The minimum absolute atomic E-state index is 0.433. The van der Waals surface area contributed by atoms with E-state index in [4.69, 9.17) is 11.6 Å². The highest BCUT2D eigenvalue weighted by Gasteiger charge is 2.13. The van der Waals surface area contributed by atoms with Gasteiger partial charge in [-0.25, -0.2) is 0 Å². The van der Waals surface area contributed by atoms with E-state index in [1.54, 1.807) is 30.3 Å². The van der Waals surface area contributed by atoms with Crippen LogP contribution in [0.2, 0.25) is 5.02 Å². The first kappa shape index (κ1) is 17.0. The average molecular weight is 309 g/mol. The Bertz CT molecular complexity index is 591. The lowest BCUT2D eigenvalue weighted by Crippen LogP contribution is -2.09. The fourth-order valence-corrected chi connectivity index (χ4v) is 1.74. The van der Waals surface area contributed by atoms with E-state index in [2.05, 4.69) is 29.1 Å². The van der Waals surface area contributed by atoms with Crippen LogP contribution in [0.3, 0.4) is 0 Å². The smallest absolute Gasteiger partial charge is 0.390 e. The number of nitrogens with zero attached hydrogens (tertiary/aromatic N) is 3. The van der Waals surface area contributed by atoms with Gasteiger partial charge in [-0.3, -0.25) is 0 Å². The molecule has 0 aliphatic rings. The molecule has 0 spiro atoms. The molecule has 0 unspecified atom stereocenters. The van der Waals surface area contributed by atoms with Gasteiger partial charge in [-0.05, 0) is 30.1 Å². The van der Waals surface area contributed by atoms with E-state index in [0.717, 1.165) is 13.1 Å². The topological polar surface area (TPSA) is 81.0 Å². The third kappa shape index (κ3) is 5.45. The molecule has 2 aromatic rings. The van der Waals surface area contributed by atoms with Crippen LogP contribution < -0.4 is 5.32 Å². The SMILES string of the molecule is CCNCC.O=[N+]([O-])c1nccc(-c2ccccc2Cl)n1. The summed E-state index contributed by atoms with van der Waals surface area (Å²) >= 11 is 5.96. The van der Waals surface area contributed by atoms with Crippen LogP contribution in [-0.2, 0) is 0 Å². The van der Waals surface area contributed by atoms with Crippen molar-refractivity contribution in [2.24, 2.45) is 0 Å². The first-order chi connectivity index (χ1) is 10.1. The molecule has 1 aromatic heterocycles. The summed E-state index contributed by atoms with van der Waals surface area (Å²) in [6.45, 7) is 6.39. The van der Waals surface area contributed by atoms with E-state index in [9.17, 15) is 10.1 Å². The lowest BCUT2D eigenvalue weighted by atomic mass is 10.1. The standard InChI is InChI=1S/C10H6ClN3O2.C4H11N/c11-8-4-2-1-3-7(8)9-5-6-12-10(13-9)14(15)16;1-3-5-4-2/h1-6H;5H,3-4H2,1-2H3. The molecular weight excluding hydrogens is 292 g/mol. The number of nitro groups is 1. The van der Waals surface area contributed by atoms with Crippen molar-refractivity contribution in [3.63, 3.8) is 0 Å². The molecule has 0 aliphatic carbocycles. The van der Waals surface area contributed by atoms with Crippen LogP contribution in [0.1, 0.15) is 13.8 Å². The Labute approximate surface area is 128 Å². The molecule has 0 amide bonds. The Morgan fingerprint density at radius 2 is 1.90 bits per heavy atom. The molecule has 0 saturated carbocycles. The molecule has 0 bridgehead atoms. The van der Waals surface area contributed by atoms with Gasteiger partial charge in [-0.15, -0.1) is 0 Å². The molecule has 21 heavy (non-hydrogen) atoms. The van der Waals surface area contributed by atoms with Gasteiger partial charge in [0.1, 0.15) is 6.20 Å². The Kier molecular flexibility index (Phi) is 7.28. The minimum atomic E-state index is -0.639. The number of halogens is 1. The second-order valence-electron chi connectivity index (χ2n) is 3.94. The maximum Gasteiger partial charge on any atom is 0.469 e. The molecule has 0 atom stereocenters. The van der Waals surface area contributed by atoms with E-state index >= 15 is 0 Å². The molecule has 0 saturated heterocycles. The highest BCUT2D eigenvalue weighted by atomic mass is 35.5. The van der Waals surface area contributed by atoms with Gasteiger partial charge < -0.3 is 15.4 Å². The first-order valence-electron chi connectivity index (χ1n) is 6.53. The number of hydrogen-bond donors (Lipinski definition) is 1. The van der Waals surface area contributed by atoms with Gasteiger partial charge in [0, 0.05) is 11.6 Å². The summed E-state index contributed by atoms with van der Waals surface area (Å²) in [6.07, 6.45) is 1.34. The largest absolute Gasteiger partial charge is 0.469 e. The molecule has 2 rings (SSSR count). The van der Waals surface area contributed by atoms with E-state index in [0.29, 0.717) is 16.3 Å². The second kappa shape index (κ2) is 8.99. The van der Waals surface area contributed by atoms with E-state index in [-0.39, 0.29) is 0 Å².